The summed E-state index contributed by atoms with van der Waals surface area (Å²) in [5.74, 6) is 1.02. The lowest BCUT2D eigenvalue weighted by atomic mass is 10.2. The van der Waals surface area contributed by atoms with E-state index in [1.165, 1.54) is 6.07 Å². The maximum absolute atomic E-state index is 13.0. The summed E-state index contributed by atoms with van der Waals surface area (Å²) in [4.78, 5) is 4.36. The molecule has 2 aromatic carbocycles. The van der Waals surface area contributed by atoms with Crippen LogP contribution in [0.2, 0.25) is 5.02 Å². The first kappa shape index (κ1) is 19.5. The number of hydrogen-bond acceptors (Lipinski definition) is 3. The quantitative estimate of drug-likeness (QED) is 0.505. The molecule has 0 atom stereocenters. The first-order chi connectivity index (χ1) is 12.9. The molecule has 0 N–H and O–H groups in total. The molecule has 0 fully saturated rings. The highest BCUT2D eigenvalue weighted by Crippen LogP contribution is 2.32. The molecule has 27 heavy (non-hydrogen) atoms. The molecule has 0 saturated carbocycles. The topological polar surface area (TPSA) is 36.3 Å². The van der Waals surface area contributed by atoms with E-state index in [1.807, 2.05) is 4.57 Å². The smallest absolute Gasteiger partial charge is 0.416 e. The summed E-state index contributed by atoms with van der Waals surface area (Å²) in [6, 6.07) is 10.6. The van der Waals surface area contributed by atoms with Crippen LogP contribution in [0.25, 0.3) is 11.0 Å². The van der Waals surface area contributed by atoms with Crippen molar-refractivity contribution in [3.05, 3.63) is 58.9 Å². The zero-order valence-electron chi connectivity index (χ0n) is 14.6. The fraction of sp³-hybridized carbons (Fsp3) is 0.316. The van der Waals surface area contributed by atoms with Gasteiger partial charge in [0.2, 0.25) is 0 Å². The highest BCUT2D eigenvalue weighted by molar-refractivity contribution is 6.32. The zero-order valence-corrected chi connectivity index (χ0v) is 15.3. The van der Waals surface area contributed by atoms with Gasteiger partial charge in [-0.25, -0.2) is 4.98 Å². The van der Waals surface area contributed by atoms with Gasteiger partial charge in [0.25, 0.3) is 0 Å². The van der Waals surface area contributed by atoms with Gasteiger partial charge >= 0.3 is 6.18 Å². The predicted molar refractivity (Wildman–Crippen MR) is 97.0 cm³/mol. The highest BCUT2D eigenvalue weighted by Gasteiger charge is 2.31. The predicted octanol–water partition coefficient (Wildman–Crippen LogP) is 5.32. The third kappa shape index (κ3) is 4.54. The third-order valence-corrected chi connectivity index (χ3v) is 4.39. The normalized spacial score (nSPS) is 11.9. The van der Waals surface area contributed by atoms with E-state index in [1.54, 1.807) is 31.4 Å². The number of aryl methyl sites for hydroxylation is 1. The Balaban J connectivity index is 1.93. The second-order valence-electron chi connectivity index (χ2n) is 5.95. The highest BCUT2D eigenvalue weighted by atomic mass is 35.5. The van der Waals surface area contributed by atoms with Gasteiger partial charge in [-0.1, -0.05) is 23.7 Å². The van der Waals surface area contributed by atoms with Crippen molar-refractivity contribution in [2.75, 3.05) is 13.7 Å². The number of ether oxygens (including phenoxy) is 2. The van der Waals surface area contributed by atoms with Crippen molar-refractivity contribution < 1.29 is 22.6 Å². The summed E-state index contributed by atoms with van der Waals surface area (Å²) < 4.78 is 51.6. The SMILES string of the molecule is COCCCn1c(COc2ccccc2Cl)nc2cc(C(F)(F)F)ccc21. The van der Waals surface area contributed by atoms with Crippen LogP contribution in [0.5, 0.6) is 5.75 Å². The molecule has 144 valence electrons. The average Bonchev–Trinajstić information content (AvgIpc) is 2.97. The van der Waals surface area contributed by atoms with E-state index < -0.39 is 11.7 Å². The van der Waals surface area contributed by atoms with Crippen LogP contribution >= 0.6 is 11.6 Å². The molecule has 0 aliphatic rings. The molecule has 3 aromatic rings. The summed E-state index contributed by atoms with van der Waals surface area (Å²) >= 11 is 6.09. The van der Waals surface area contributed by atoms with Crippen molar-refractivity contribution in [3.8, 4) is 5.75 Å². The molecule has 0 aliphatic carbocycles. The number of benzene rings is 2. The number of methoxy groups -OCH3 is 1. The third-order valence-electron chi connectivity index (χ3n) is 4.08. The molecule has 0 radical (unpaired) electrons. The lowest BCUT2D eigenvalue weighted by Crippen LogP contribution is -2.09. The molecule has 0 amide bonds. The van der Waals surface area contributed by atoms with E-state index in [4.69, 9.17) is 21.1 Å². The number of fused-ring (bicyclic) bond motifs is 1. The van der Waals surface area contributed by atoms with Crippen LogP contribution in [0.15, 0.2) is 42.5 Å². The van der Waals surface area contributed by atoms with E-state index in [9.17, 15) is 13.2 Å². The van der Waals surface area contributed by atoms with Gasteiger partial charge in [0.05, 0.1) is 21.6 Å². The number of halogens is 4. The van der Waals surface area contributed by atoms with Gasteiger partial charge in [-0.2, -0.15) is 13.2 Å². The van der Waals surface area contributed by atoms with Crippen molar-refractivity contribution in [2.24, 2.45) is 0 Å². The summed E-state index contributed by atoms with van der Waals surface area (Å²) in [6.45, 7) is 1.18. The van der Waals surface area contributed by atoms with Gasteiger partial charge in [-0.15, -0.1) is 0 Å². The van der Waals surface area contributed by atoms with Gasteiger partial charge in [-0.3, -0.25) is 0 Å². The van der Waals surface area contributed by atoms with E-state index in [0.717, 1.165) is 12.1 Å². The van der Waals surface area contributed by atoms with Crippen LogP contribution in [-0.2, 0) is 24.1 Å². The van der Waals surface area contributed by atoms with E-state index in [2.05, 4.69) is 4.98 Å². The second-order valence-corrected chi connectivity index (χ2v) is 6.35. The number of hydrogen-bond donors (Lipinski definition) is 0. The molecule has 0 aliphatic heterocycles. The largest absolute Gasteiger partial charge is 0.484 e. The van der Waals surface area contributed by atoms with Crippen molar-refractivity contribution in [2.45, 2.75) is 25.7 Å². The lowest BCUT2D eigenvalue weighted by Gasteiger charge is -2.11. The van der Waals surface area contributed by atoms with Crippen LogP contribution in [0.4, 0.5) is 13.2 Å². The molecular weight excluding hydrogens is 381 g/mol. The number of aromatic nitrogens is 2. The summed E-state index contributed by atoms with van der Waals surface area (Å²) in [5.41, 5.74) is 0.173. The number of rotatable bonds is 7. The minimum absolute atomic E-state index is 0.0900. The Morgan fingerprint density at radius 3 is 2.63 bits per heavy atom. The summed E-state index contributed by atoms with van der Waals surface area (Å²) in [6.07, 6.45) is -3.72. The molecule has 3 rings (SSSR count). The first-order valence-electron chi connectivity index (χ1n) is 8.33. The van der Waals surface area contributed by atoms with Gasteiger partial charge in [-0.05, 0) is 36.8 Å². The maximum atomic E-state index is 13.0. The molecule has 1 heterocycles. The molecule has 8 heteroatoms. The molecule has 0 saturated heterocycles. The minimum atomic E-state index is -4.41. The Bertz CT molecular complexity index is 925. The second kappa shape index (κ2) is 8.19. The molecule has 4 nitrogen and oxygen atoms in total. The summed E-state index contributed by atoms with van der Waals surface area (Å²) in [7, 11) is 1.60. The van der Waals surface area contributed by atoms with Crippen molar-refractivity contribution in [1.29, 1.82) is 0 Å². The Kier molecular flexibility index (Phi) is 5.92. The number of nitrogens with zero attached hydrogens (tertiary/aromatic N) is 2. The molecule has 0 spiro atoms. The Labute approximate surface area is 159 Å². The van der Waals surface area contributed by atoms with Crippen LogP contribution in [0.3, 0.4) is 0 Å². The molecular formula is C19H18ClF3N2O2. The van der Waals surface area contributed by atoms with Crippen LogP contribution in [-0.4, -0.2) is 23.3 Å². The van der Waals surface area contributed by atoms with E-state index in [0.29, 0.717) is 41.7 Å². The van der Waals surface area contributed by atoms with E-state index >= 15 is 0 Å². The zero-order chi connectivity index (χ0) is 19.4. The van der Waals surface area contributed by atoms with Gasteiger partial charge in [0, 0.05) is 20.3 Å². The summed E-state index contributed by atoms with van der Waals surface area (Å²) in [5, 5.41) is 0.457. The Morgan fingerprint density at radius 2 is 1.93 bits per heavy atom. The molecule has 0 bridgehead atoms. The number of alkyl halides is 3. The number of imidazole rings is 1. The Hall–Kier alpha value is -2.25. The lowest BCUT2D eigenvalue weighted by molar-refractivity contribution is -0.137. The maximum Gasteiger partial charge on any atom is 0.416 e. The fourth-order valence-corrected chi connectivity index (χ4v) is 2.98. The van der Waals surface area contributed by atoms with E-state index in [-0.39, 0.29) is 12.1 Å². The molecule has 1 aromatic heterocycles. The first-order valence-corrected chi connectivity index (χ1v) is 8.70. The minimum Gasteiger partial charge on any atom is -0.484 e. The number of para-hydroxylation sites is 1. The monoisotopic (exact) mass is 398 g/mol. The van der Waals surface area contributed by atoms with Gasteiger partial charge < -0.3 is 14.0 Å². The van der Waals surface area contributed by atoms with Crippen LogP contribution in [0.1, 0.15) is 17.8 Å². The van der Waals surface area contributed by atoms with Crippen molar-refractivity contribution in [1.82, 2.24) is 9.55 Å². The fourth-order valence-electron chi connectivity index (χ4n) is 2.79. The van der Waals surface area contributed by atoms with Crippen LogP contribution in [0, 0.1) is 0 Å². The standard InChI is InChI=1S/C19H18ClF3N2O2/c1-26-10-4-9-25-16-8-7-13(19(21,22)23)11-15(16)24-18(25)12-27-17-6-3-2-5-14(17)20/h2-3,5-8,11H,4,9-10,12H2,1H3. The molecule has 0 unspecified atom stereocenters. The van der Waals surface area contributed by atoms with Gasteiger partial charge in [0.15, 0.2) is 0 Å². The average molecular weight is 399 g/mol. The van der Waals surface area contributed by atoms with Crippen LogP contribution < -0.4 is 4.74 Å². The Morgan fingerprint density at radius 1 is 1.15 bits per heavy atom. The van der Waals surface area contributed by atoms with Crippen molar-refractivity contribution in [3.63, 3.8) is 0 Å². The van der Waals surface area contributed by atoms with Gasteiger partial charge in [0.1, 0.15) is 18.2 Å². The van der Waals surface area contributed by atoms with Crippen molar-refractivity contribution >= 4 is 22.6 Å².